The third kappa shape index (κ3) is 7.77. The Hall–Kier alpha value is -5.38. The maximum Gasteiger partial charge on any atom is 0.258 e. The van der Waals surface area contributed by atoms with Crippen LogP contribution < -0.4 is 10.6 Å². The molecule has 0 aliphatic carbocycles. The lowest BCUT2D eigenvalue weighted by molar-refractivity contribution is -0.134. The molecule has 55 heavy (non-hydrogen) atoms. The molecule has 288 valence electrons. The lowest BCUT2D eigenvalue weighted by atomic mass is 9.98. The van der Waals surface area contributed by atoms with Crippen molar-refractivity contribution in [3.63, 3.8) is 0 Å². The summed E-state index contributed by atoms with van der Waals surface area (Å²) in [4.78, 5) is 55.8. The predicted molar refractivity (Wildman–Crippen MR) is 205 cm³/mol. The minimum atomic E-state index is -0.254. The Labute approximate surface area is 320 Å². The van der Waals surface area contributed by atoms with Crippen LogP contribution in [0, 0.1) is 0 Å². The van der Waals surface area contributed by atoms with Crippen LogP contribution in [0.25, 0.3) is 11.4 Å². The number of rotatable bonds is 8. The van der Waals surface area contributed by atoms with Crippen LogP contribution in [0.15, 0.2) is 42.7 Å². The van der Waals surface area contributed by atoms with Gasteiger partial charge in [0.05, 0.1) is 36.6 Å². The van der Waals surface area contributed by atoms with Gasteiger partial charge in [-0.2, -0.15) is 0 Å². The molecule has 4 aromatic rings. The molecule has 0 bridgehead atoms. The number of benzene rings is 2. The quantitative estimate of drug-likeness (QED) is 0.240. The van der Waals surface area contributed by atoms with Gasteiger partial charge in [0.1, 0.15) is 17.3 Å². The number of ether oxygens (including phenoxy) is 1. The topological polar surface area (TPSA) is 178 Å². The Morgan fingerprint density at radius 1 is 0.836 bits per heavy atom. The van der Waals surface area contributed by atoms with Crippen molar-refractivity contribution in [2.45, 2.75) is 52.4 Å². The van der Waals surface area contributed by atoms with E-state index >= 15 is 0 Å². The zero-order valence-electron chi connectivity index (χ0n) is 31.4. The molecular weight excluding hydrogens is 701 g/mol. The average molecular weight is 749 g/mol. The summed E-state index contributed by atoms with van der Waals surface area (Å²) in [6, 6.07) is 9.24. The zero-order valence-corrected chi connectivity index (χ0v) is 31.4. The number of piperazine rings is 1. The van der Waals surface area contributed by atoms with Crippen molar-refractivity contribution >= 4 is 23.6 Å². The summed E-state index contributed by atoms with van der Waals surface area (Å²) in [5.41, 5.74) is 12.7. The smallest absolute Gasteiger partial charge is 0.258 e. The van der Waals surface area contributed by atoms with E-state index in [0.29, 0.717) is 69.4 Å². The van der Waals surface area contributed by atoms with E-state index < -0.39 is 0 Å². The standard InChI is InChI=1S/C40H48N10O5/c1-25(2)31-16-32(35(52)17-34(31)51)39(54)50-21-27-4-3-26(15-28(27)22-50)20-46-7-9-48(10-8-46)36(53)24-47-6-5-30-33(23-47)44-37(29-18-42-40(41)43-19-29)45-38(30)49-11-13-55-14-12-49/h3-4,15-19,25,51-52H,5-14,20-24H2,1-2H3,(H2,41,42,43). The van der Waals surface area contributed by atoms with Crippen LogP contribution in [0.1, 0.15) is 63.6 Å². The van der Waals surface area contributed by atoms with Gasteiger partial charge in [-0.3, -0.25) is 19.4 Å². The number of fused-ring (bicyclic) bond motifs is 2. The Morgan fingerprint density at radius 2 is 1.58 bits per heavy atom. The van der Waals surface area contributed by atoms with Crippen LogP contribution in [0.5, 0.6) is 11.5 Å². The number of nitrogens with zero attached hydrogens (tertiary/aromatic N) is 9. The number of nitrogen functional groups attached to an aromatic ring is 1. The van der Waals surface area contributed by atoms with Gasteiger partial charge < -0.3 is 35.4 Å². The van der Waals surface area contributed by atoms with E-state index in [1.807, 2.05) is 18.7 Å². The highest BCUT2D eigenvalue weighted by atomic mass is 16.5. The van der Waals surface area contributed by atoms with E-state index in [9.17, 15) is 19.8 Å². The molecule has 15 heteroatoms. The maximum atomic E-state index is 13.6. The average Bonchev–Trinajstić information content (AvgIpc) is 3.62. The van der Waals surface area contributed by atoms with Gasteiger partial charge >= 0.3 is 0 Å². The van der Waals surface area contributed by atoms with Crippen molar-refractivity contribution in [1.29, 1.82) is 0 Å². The second-order valence-corrected chi connectivity index (χ2v) is 15.2. The van der Waals surface area contributed by atoms with E-state index in [-0.39, 0.29) is 40.7 Å². The van der Waals surface area contributed by atoms with E-state index in [2.05, 4.69) is 42.9 Å². The largest absolute Gasteiger partial charge is 0.508 e. The first kappa shape index (κ1) is 36.6. The molecule has 6 heterocycles. The summed E-state index contributed by atoms with van der Waals surface area (Å²) >= 11 is 0. The molecule has 0 radical (unpaired) electrons. The summed E-state index contributed by atoms with van der Waals surface area (Å²) in [5, 5.41) is 20.7. The molecular formula is C40H48N10O5. The number of nitrogens with two attached hydrogens (primary N) is 1. The van der Waals surface area contributed by atoms with E-state index in [4.69, 9.17) is 20.4 Å². The molecule has 0 saturated carbocycles. The highest BCUT2D eigenvalue weighted by Gasteiger charge is 2.31. The number of amides is 2. The first-order valence-electron chi connectivity index (χ1n) is 19.1. The summed E-state index contributed by atoms with van der Waals surface area (Å²) in [6.07, 6.45) is 4.05. The number of aromatic nitrogens is 4. The lowest BCUT2D eigenvalue weighted by Crippen LogP contribution is -2.51. The maximum absolute atomic E-state index is 13.6. The van der Waals surface area contributed by atoms with Crippen LogP contribution in [0.2, 0.25) is 0 Å². The zero-order chi connectivity index (χ0) is 38.2. The van der Waals surface area contributed by atoms with Gasteiger partial charge in [0.2, 0.25) is 11.9 Å². The fourth-order valence-electron chi connectivity index (χ4n) is 8.01. The van der Waals surface area contributed by atoms with Crippen molar-refractivity contribution in [3.8, 4) is 22.9 Å². The minimum absolute atomic E-state index is 0.00738. The Morgan fingerprint density at radius 3 is 2.33 bits per heavy atom. The molecule has 2 amide bonds. The molecule has 8 rings (SSSR count). The minimum Gasteiger partial charge on any atom is -0.508 e. The predicted octanol–water partition coefficient (Wildman–Crippen LogP) is 2.75. The Balaban J connectivity index is 0.862. The number of carbonyl (C=O) groups excluding carboxylic acids is 2. The molecule has 4 aliphatic heterocycles. The van der Waals surface area contributed by atoms with E-state index in [0.717, 1.165) is 79.5 Å². The van der Waals surface area contributed by atoms with Gasteiger partial charge in [-0.15, -0.1) is 0 Å². The number of phenols is 2. The molecule has 0 spiro atoms. The summed E-state index contributed by atoms with van der Waals surface area (Å²) in [5.74, 6) is 1.33. The Kier molecular flexibility index (Phi) is 10.2. The molecule has 2 aromatic heterocycles. The number of aromatic hydroxyl groups is 2. The van der Waals surface area contributed by atoms with Crippen molar-refractivity contribution < 1.29 is 24.5 Å². The lowest BCUT2D eigenvalue weighted by Gasteiger charge is -2.37. The molecule has 15 nitrogen and oxygen atoms in total. The number of anilines is 2. The second kappa shape index (κ2) is 15.4. The van der Waals surface area contributed by atoms with Gasteiger partial charge in [0.25, 0.3) is 5.91 Å². The first-order valence-corrected chi connectivity index (χ1v) is 19.1. The van der Waals surface area contributed by atoms with Crippen molar-refractivity contribution in [2.24, 2.45) is 0 Å². The number of phenolic OH excluding ortho intramolecular Hbond substituents is 2. The number of carbonyl (C=O) groups is 2. The first-order chi connectivity index (χ1) is 26.6. The molecule has 2 aromatic carbocycles. The molecule has 2 fully saturated rings. The number of morpholine rings is 1. The monoisotopic (exact) mass is 748 g/mol. The van der Waals surface area contributed by atoms with Gasteiger partial charge in [0.15, 0.2) is 5.82 Å². The van der Waals surface area contributed by atoms with Gasteiger partial charge in [-0.05, 0) is 40.7 Å². The van der Waals surface area contributed by atoms with Crippen molar-refractivity contribution in [3.05, 3.63) is 81.8 Å². The number of hydrogen-bond acceptors (Lipinski definition) is 13. The SMILES string of the molecule is CC(C)c1cc(C(=O)N2Cc3ccc(CN4CCN(C(=O)CN5CCc6c(nc(-c7cnc(N)nc7)nc6N6CCOCC6)C5)CC4)cc3C2)c(O)cc1O. The van der Waals surface area contributed by atoms with Crippen molar-refractivity contribution in [2.75, 3.05) is 76.2 Å². The molecule has 0 unspecified atom stereocenters. The fraction of sp³-hybridized carbons (Fsp3) is 0.450. The molecule has 0 atom stereocenters. The van der Waals surface area contributed by atoms with Crippen LogP contribution in [-0.2, 0) is 42.1 Å². The molecule has 2 saturated heterocycles. The third-order valence-corrected chi connectivity index (χ3v) is 11.1. The van der Waals surface area contributed by atoms with Crippen LogP contribution in [0.4, 0.5) is 11.8 Å². The summed E-state index contributed by atoms with van der Waals surface area (Å²) in [7, 11) is 0. The molecule has 4 N–H and O–H groups in total. The van der Waals surface area contributed by atoms with Crippen LogP contribution in [0.3, 0.4) is 0 Å². The van der Waals surface area contributed by atoms with Crippen LogP contribution >= 0.6 is 0 Å². The van der Waals surface area contributed by atoms with Gasteiger partial charge in [-0.1, -0.05) is 32.0 Å². The van der Waals surface area contributed by atoms with E-state index in [1.54, 1.807) is 23.4 Å². The normalized spacial score (nSPS) is 17.8. The highest BCUT2D eigenvalue weighted by Crippen LogP contribution is 2.35. The van der Waals surface area contributed by atoms with Crippen LogP contribution in [-0.4, -0.2) is 127 Å². The van der Waals surface area contributed by atoms with Crippen molar-refractivity contribution in [1.82, 2.24) is 39.5 Å². The molecule has 4 aliphatic rings. The van der Waals surface area contributed by atoms with Gasteiger partial charge in [0, 0.05) is 96.0 Å². The highest BCUT2D eigenvalue weighted by molar-refractivity contribution is 5.97. The fourth-order valence-corrected chi connectivity index (χ4v) is 8.01. The third-order valence-electron chi connectivity index (χ3n) is 11.1. The number of hydrogen-bond donors (Lipinski definition) is 3. The van der Waals surface area contributed by atoms with E-state index in [1.165, 1.54) is 6.07 Å². The Bertz CT molecular complexity index is 2080. The summed E-state index contributed by atoms with van der Waals surface area (Å²) in [6.45, 7) is 12.9. The summed E-state index contributed by atoms with van der Waals surface area (Å²) < 4.78 is 5.60. The second-order valence-electron chi connectivity index (χ2n) is 15.2. The van der Waals surface area contributed by atoms with Gasteiger partial charge in [-0.25, -0.2) is 19.9 Å².